The first-order valence-corrected chi connectivity index (χ1v) is 8.55. The quantitative estimate of drug-likeness (QED) is 0.523. The van der Waals surface area contributed by atoms with Crippen LogP contribution in [0, 0.1) is 5.82 Å². The van der Waals surface area contributed by atoms with Crippen molar-refractivity contribution < 1.29 is 33.5 Å². The monoisotopic (exact) mass is 383 g/mol. The van der Waals surface area contributed by atoms with E-state index in [-0.39, 0.29) is 17.4 Å². The number of hydrogen-bond acceptors (Lipinski definition) is 6. The maximum Gasteiger partial charge on any atom is 0.488 e. The second-order valence-electron chi connectivity index (χ2n) is 8.16. The number of benzene rings is 1. The first-order chi connectivity index (χ1) is 12.2. The van der Waals surface area contributed by atoms with Crippen molar-refractivity contribution >= 4 is 24.6 Å². The second kappa shape index (κ2) is 8.71. The van der Waals surface area contributed by atoms with Crippen LogP contribution in [0.15, 0.2) is 18.2 Å². The van der Waals surface area contributed by atoms with Crippen LogP contribution < -0.4 is 10.8 Å². The summed E-state index contributed by atoms with van der Waals surface area (Å²) < 4.78 is 24.7. The van der Waals surface area contributed by atoms with Gasteiger partial charge in [-0.2, -0.15) is 0 Å². The number of nitrogens with one attached hydrogen (secondary N) is 1. The molecule has 0 aromatic heterocycles. The Kier molecular flexibility index (Phi) is 7.39. The van der Waals surface area contributed by atoms with E-state index in [0.29, 0.717) is 0 Å². The van der Waals surface area contributed by atoms with Crippen molar-refractivity contribution in [3.63, 3.8) is 0 Å². The van der Waals surface area contributed by atoms with Gasteiger partial charge in [0.05, 0.1) is 0 Å². The lowest BCUT2D eigenvalue weighted by molar-refractivity contribution is -0.157. The van der Waals surface area contributed by atoms with Gasteiger partial charge in [0, 0.05) is 6.42 Å². The summed E-state index contributed by atoms with van der Waals surface area (Å²) >= 11 is 0. The van der Waals surface area contributed by atoms with E-state index in [2.05, 4.69) is 5.32 Å². The second-order valence-corrected chi connectivity index (χ2v) is 8.16. The fraction of sp³-hybridized carbons (Fsp3) is 0.556. The van der Waals surface area contributed by atoms with E-state index >= 15 is 0 Å². The smallest absolute Gasteiger partial charge is 0.458 e. The fourth-order valence-corrected chi connectivity index (χ4v) is 2.13. The summed E-state index contributed by atoms with van der Waals surface area (Å²) in [5, 5.41) is 20.6. The fourth-order valence-electron chi connectivity index (χ4n) is 2.13. The zero-order valence-corrected chi connectivity index (χ0v) is 16.5. The van der Waals surface area contributed by atoms with E-state index in [0.717, 1.165) is 6.07 Å². The Morgan fingerprint density at radius 3 is 2.11 bits per heavy atom. The van der Waals surface area contributed by atoms with Crippen molar-refractivity contribution in [1.29, 1.82) is 0 Å². The Labute approximate surface area is 159 Å². The Morgan fingerprint density at radius 2 is 1.67 bits per heavy atom. The van der Waals surface area contributed by atoms with Crippen LogP contribution >= 0.6 is 0 Å². The van der Waals surface area contributed by atoms with Gasteiger partial charge in [-0.25, -0.2) is 14.0 Å². The molecule has 0 saturated heterocycles. The lowest BCUT2D eigenvalue weighted by Crippen LogP contribution is -2.47. The van der Waals surface area contributed by atoms with Crippen LogP contribution in [0.3, 0.4) is 0 Å². The molecule has 0 unspecified atom stereocenters. The van der Waals surface area contributed by atoms with E-state index < -0.39 is 42.2 Å². The molecule has 0 fully saturated rings. The molecule has 0 saturated carbocycles. The van der Waals surface area contributed by atoms with E-state index in [1.807, 2.05) is 0 Å². The van der Waals surface area contributed by atoms with Gasteiger partial charge in [-0.3, -0.25) is 0 Å². The number of alkyl carbamates (subject to hydrolysis) is 1. The molecular formula is C18H27BFNO6. The molecule has 1 aromatic carbocycles. The van der Waals surface area contributed by atoms with Crippen LogP contribution in [0.5, 0.6) is 0 Å². The van der Waals surface area contributed by atoms with Crippen molar-refractivity contribution in [2.24, 2.45) is 0 Å². The zero-order valence-electron chi connectivity index (χ0n) is 16.5. The first-order valence-electron chi connectivity index (χ1n) is 8.55. The third kappa shape index (κ3) is 8.40. The molecule has 0 radical (unpaired) electrons. The first kappa shape index (κ1) is 22.9. The molecule has 1 atom stereocenters. The van der Waals surface area contributed by atoms with Gasteiger partial charge in [0.2, 0.25) is 0 Å². The summed E-state index contributed by atoms with van der Waals surface area (Å²) in [7, 11) is -1.81. The van der Waals surface area contributed by atoms with Crippen molar-refractivity contribution in [3.05, 3.63) is 29.6 Å². The summed E-state index contributed by atoms with van der Waals surface area (Å²) in [5.41, 5.74) is -1.49. The van der Waals surface area contributed by atoms with Crippen LogP contribution in [-0.4, -0.2) is 46.5 Å². The van der Waals surface area contributed by atoms with Gasteiger partial charge in [-0.05, 0) is 58.6 Å². The van der Waals surface area contributed by atoms with Crippen molar-refractivity contribution in [2.45, 2.75) is 65.2 Å². The van der Waals surface area contributed by atoms with Crippen LogP contribution in [0.4, 0.5) is 9.18 Å². The van der Waals surface area contributed by atoms with Crippen molar-refractivity contribution in [1.82, 2.24) is 5.32 Å². The average molecular weight is 383 g/mol. The maximum absolute atomic E-state index is 14.3. The molecule has 27 heavy (non-hydrogen) atoms. The normalized spacial score (nSPS) is 12.9. The van der Waals surface area contributed by atoms with Gasteiger partial charge in [-0.1, -0.05) is 12.1 Å². The molecule has 0 aliphatic rings. The predicted octanol–water partition coefficient (Wildman–Crippen LogP) is 1.28. The Morgan fingerprint density at radius 1 is 1.11 bits per heavy atom. The zero-order chi connectivity index (χ0) is 21.0. The molecule has 1 rings (SSSR count). The summed E-state index contributed by atoms with van der Waals surface area (Å²) in [4.78, 5) is 24.5. The van der Waals surface area contributed by atoms with Gasteiger partial charge >= 0.3 is 19.2 Å². The molecule has 150 valence electrons. The van der Waals surface area contributed by atoms with Crippen molar-refractivity contribution in [3.8, 4) is 0 Å². The molecule has 0 bridgehead atoms. The molecule has 0 aliphatic carbocycles. The molecule has 7 nitrogen and oxygen atoms in total. The highest BCUT2D eigenvalue weighted by Gasteiger charge is 2.30. The topological polar surface area (TPSA) is 105 Å². The average Bonchev–Trinajstić information content (AvgIpc) is 2.44. The summed E-state index contributed by atoms with van der Waals surface area (Å²) in [6.45, 7) is 10.0. The standard InChI is InChI=1S/C18H27BFNO6/c1-17(2,3)26-15(22)14(21-16(23)27-18(4,5)6)9-11-7-8-12(19(24)25)10-13(11)20/h7-8,10,14,24-25H,9H2,1-6H3,(H,21,23)/t14-/m0/s1. The highest BCUT2D eigenvalue weighted by atomic mass is 19.1. The number of carbonyl (C=O) groups is 2. The van der Waals surface area contributed by atoms with Gasteiger partial charge in [0.1, 0.15) is 23.1 Å². The third-order valence-electron chi connectivity index (χ3n) is 3.18. The van der Waals surface area contributed by atoms with Crippen LogP contribution in [-0.2, 0) is 20.7 Å². The van der Waals surface area contributed by atoms with Gasteiger partial charge in [0.25, 0.3) is 0 Å². The van der Waals surface area contributed by atoms with E-state index in [1.165, 1.54) is 12.1 Å². The van der Waals surface area contributed by atoms with Gasteiger partial charge in [-0.15, -0.1) is 0 Å². The largest absolute Gasteiger partial charge is 0.488 e. The van der Waals surface area contributed by atoms with Crippen LogP contribution in [0.2, 0.25) is 0 Å². The number of ether oxygens (including phenoxy) is 2. The molecule has 9 heteroatoms. The molecule has 0 heterocycles. The lowest BCUT2D eigenvalue weighted by Gasteiger charge is -2.26. The molecule has 3 N–H and O–H groups in total. The number of rotatable bonds is 5. The molecule has 0 spiro atoms. The van der Waals surface area contributed by atoms with Gasteiger partial charge in [0.15, 0.2) is 0 Å². The number of esters is 1. The Hall–Kier alpha value is -2.13. The molecular weight excluding hydrogens is 356 g/mol. The number of hydrogen-bond donors (Lipinski definition) is 3. The van der Waals surface area contributed by atoms with Gasteiger partial charge < -0.3 is 24.8 Å². The third-order valence-corrected chi connectivity index (χ3v) is 3.18. The summed E-state index contributed by atoms with van der Waals surface area (Å²) in [6.07, 6.45) is -1.02. The Balaban J connectivity index is 3.03. The number of amides is 1. The lowest BCUT2D eigenvalue weighted by atomic mass is 9.79. The minimum atomic E-state index is -1.81. The van der Waals surface area contributed by atoms with E-state index in [9.17, 15) is 14.0 Å². The van der Waals surface area contributed by atoms with Crippen LogP contribution in [0.1, 0.15) is 47.1 Å². The number of carbonyl (C=O) groups excluding carboxylic acids is 2. The van der Waals surface area contributed by atoms with Crippen LogP contribution in [0.25, 0.3) is 0 Å². The number of halogens is 1. The maximum atomic E-state index is 14.3. The minimum Gasteiger partial charge on any atom is -0.458 e. The highest BCUT2D eigenvalue weighted by Crippen LogP contribution is 2.14. The van der Waals surface area contributed by atoms with Crippen molar-refractivity contribution in [2.75, 3.05) is 0 Å². The molecule has 1 amide bonds. The van der Waals surface area contributed by atoms with E-state index in [4.69, 9.17) is 19.5 Å². The summed E-state index contributed by atoms with van der Waals surface area (Å²) in [6, 6.07) is 2.42. The molecule has 1 aromatic rings. The SMILES string of the molecule is CC(C)(C)OC(=O)N[C@@H](Cc1ccc(B(O)O)cc1F)C(=O)OC(C)(C)C. The molecule has 0 aliphatic heterocycles. The van der Waals surface area contributed by atoms with E-state index in [1.54, 1.807) is 41.5 Å². The highest BCUT2D eigenvalue weighted by molar-refractivity contribution is 6.58. The summed E-state index contributed by atoms with van der Waals surface area (Å²) in [5.74, 6) is -1.47. The predicted molar refractivity (Wildman–Crippen MR) is 98.9 cm³/mol. The minimum absolute atomic E-state index is 0.0230. The Bertz CT molecular complexity index is 681.